The van der Waals surface area contributed by atoms with Crippen molar-refractivity contribution in [2.45, 2.75) is 45.4 Å². The molecular formula is C11H19. The molecule has 11 heavy (non-hydrogen) atoms. The molecule has 0 saturated carbocycles. The first-order chi connectivity index (χ1) is 5.43. The van der Waals surface area contributed by atoms with Crippen LogP contribution in [0.3, 0.4) is 0 Å². The standard InChI is InChI=1S/C11H19/c1-2-3-8-11-9-6-4-5-7-10-11/h2,6,9,11H,3-5,7-8,10H2,1H3. The van der Waals surface area contributed by atoms with Crippen LogP contribution in [0.15, 0.2) is 12.2 Å². The quantitative estimate of drug-likeness (QED) is 0.539. The molecule has 0 heteroatoms. The Morgan fingerprint density at radius 1 is 1.45 bits per heavy atom. The molecule has 0 heterocycles. The fourth-order valence-electron chi connectivity index (χ4n) is 1.67. The highest BCUT2D eigenvalue weighted by molar-refractivity contribution is 4.91. The highest BCUT2D eigenvalue weighted by Crippen LogP contribution is 2.21. The van der Waals surface area contributed by atoms with Crippen molar-refractivity contribution in [3.05, 3.63) is 18.6 Å². The topological polar surface area (TPSA) is 0 Å². The van der Waals surface area contributed by atoms with Crippen LogP contribution in [-0.4, -0.2) is 0 Å². The molecule has 0 saturated heterocycles. The Kier molecular flexibility index (Phi) is 4.33. The van der Waals surface area contributed by atoms with Gasteiger partial charge in [0.25, 0.3) is 0 Å². The lowest BCUT2D eigenvalue weighted by Gasteiger charge is -2.08. The average Bonchev–Trinajstić information content (AvgIpc) is 2.28. The maximum Gasteiger partial charge on any atom is -0.0233 e. The van der Waals surface area contributed by atoms with E-state index in [4.69, 9.17) is 0 Å². The number of hydrogen-bond acceptors (Lipinski definition) is 0. The second-order valence-corrected chi connectivity index (χ2v) is 3.46. The lowest BCUT2D eigenvalue weighted by Crippen LogP contribution is -1.94. The van der Waals surface area contributed by atoms with E-state index in [1.54, 1.807) is 0 Å². The molecule has 0 aromatic rings. The minimum Gasteiger partial charge on any atom is -0.0883 e. The van der Waals surface area contributed by atoms with E-state index in [-0.39, 0.29) is 0 Å². The number of hydrogen-bond donors (Lipinski definition) is 0. The van der Waals surface area contributed by atoms with Gasteiger partial charge in [-0.2, -0.15) is 0 Å². The van der Waals surface area contributed by atoms with Crippen LogP contribution < -0.4 is 0 Å². The molecule has 0 bridgehead atoms. The van der Waals surface area contributed by atoms with E-state index in [9.17, 15) is 0 Å². The van der Waals surface area contributed by atoms with Crippen molar-refractivity contribution in [2.75, 3.05) is 0 Å². The predicted molar refractivity (Wildman–Crippen MR) is 50.3 cm³/mol. The summed E-state index contributed by atoms with van der Waals surface area (Å²) in [5.74, 6) is 0.883. The second kappa shape index (κ2) is 5.40. The summed E-state index contributed by atoms with van der Waals surface area (Å²) in [7, 11) is 0. The Labute approximate surface area is 70.7 Å². The summed E-state index contributed by atoms with van der Waals surface area (Å²) in [5, 5.41) is 0. The van der Waals surface area contributed by atoms with Gasteiger partial charge in [0.15, 0.2) is 0 Å². The first-order valence-electron chi connectivity index (χ1n) is 4.88. The molecule has 1 unspecified atom stereocenters. The molecule has 1 radical (unpaired) electrons. The molecule has 1 atom stereocenters. The Balaban J connectivity index is 2.19. The zero-order valence-electron chi connectivity index (χ0n) is 7.55. The lowest BCUT2D eigenvalue weighted by molar-refractivity contribution is 0.523. The number of allylic oxidation sites excluding steroid dienone is 2. The molecule has 0 nitrogen and oxygen atoms in total. The molecule has 63 valence electrons. The van der Waals surface area contributed by atoms with Gasteiger partial charge in [0.1, 0.15) is 0 Å². The fourth-order valence-corrected chi connectivity index (χ4v) is 1.67. The smallest absolute Gasteiger partial charge is 0.0233 e. The Morgan fingerprint density at radius 2 is 2.36 bits per heavy atom. The van der Waals surface area contributed by atoms with Crippen molar-refractivity contribution in [1.82, 2.24) is 0 Å². The van der Waals surface area contributed by atoms with Crippen LogP contribution in [-0.2, 0) is 0 Å². The molecule has 0 aliphatic heterocycles. The Bertz CT molecular complexity index is 113. The van der Waals surface area contributed by atoms with Crippen molar-refractivity contribution in [3.63, 3.8) is 0 Å². The van der Waals surface area contributed by atoms with Crippen molar-refractivity contribution in [1.29, 1.82) is 0 Å². The van der Waals surface area contributed by atoms with Gasteiger partial charge in [-0.05, 0) is 44.4 Å². The lowest BCUT2D eigenvalue weighted by atomic mass is 9.97. The second-order valence-electron chi connectivity index (χ2n) is 3.46. The molecular weight excluding hydrogens is 132 g/mol. The first kappa shape index (κ1) is 8.83. The van der Waals surface area contributed by atoms with Gasteiger partial charge in [0, 0.05) is 0 Å². The zero-order chi connectivity index (χ0) is 7.94. The number of unbranched alkanes of at least 4 members (excludes halogenated alkanes) is 1. The third kappa shape index (κ3) is 3.60. The number of rotatable bonds is 3. The monoisotopic (exact) mass is 151 g/mol. The largest absolute Gasteiger partial charge is 0.0883 e. The van der Waals surface area contributed by atoms with Crippen LogP contribution in [0.4, 0.5) is 0 Å². The zero-order valence-corrected chi connectivity index (χ0v) is 7.55. The van der Waals surface area contributed by atoms with Gasteiger partial charge in [-0.15, -0.1) is 0 Å². The van der Waals surface area contributed by atoms with E-state index >= 15 is 0 Å². The van der Waals surface area contributed by atoms with Crippen LogP contribution in [0, 0.1) is 12.3 Å². The van der Waals surface area contributed by atoms with Gasteiger partial charge in [-0.25, -0.2) is 0 Å². The van der Waals surface area contributed by atoms with E-state index in [1.165, 1.54) is 38.5 Å². The van der Waals surface area contributed by atoms with E-state index in [0.29, 0.717) is 0 Å². The van der Waals surface area contributed by atoms with Crippen molar-refractivity contribution < 1.29 is 0 Å². The Hall–Kier alpha value is -0.260. The van der Waals surface area contributed by atoms with E-state index in [1.807, 2.05) is 0 Å². The van der Waals surface area contributed by atoms with Gasteiger partial charge in [-0.1, -0.05) is 25.5 Å². The molecule has 0 fully saturated rings. The average molecular weight is 151 g/mol. The third-order valence-electron chi connectivity index (χ3n) is 2.43. The maximum absolute atomic E-state index is 2.43. The normalized spacial score (nSPS) is 25.0. The summed E-state index contributed by atoms with van der Waals surface area (Å²) in [5.41, 5.74) is 0. The molecule has 0 N–H and O–H groups in total. The molecule has 1 rings (SSSR count). The molecule has 0 amide bonds. The van der Waals surface area contributed by atoms with Crippen LogP contribution in [0.5, 0.6) is 0 Å². The third-order valence-corrected chi connectivity index (χ3v) is 2.43. The highest BCUT2D eigenvalue weighted by atomic mass is 14.1. The summed E-state index contributed by atoms with van der Waals surface area (Å²) in [4.78, 5) is 0. The summed E-state index contributed by atoms with van der Waals surface area (Å²) in [6.07, 6.45) is 15.3. The van der Waals surface area contributed by atoms with Crippen molar-refractivity contribution >= 4 is 0 Å². The molecule has 1 aliphatic rings. The first-order valence-corrected chi connectivity index (χ1v) is 4.88. The molecule has 0 aromatic heterocycles. The van der Waals surface area contributed by atoms with Crippen LogP contribution in [0.1, 0.15) is 45.4 Å². The Morgan fingerprint density at radius 3 is 3.18 bits per heavy atom. The van der Waals surface area contributed by atoms with Crippen molar-refractivity contribution in [2.24, 2.45) is 5.92 Å². The highest BCUT2D eigenvalue weighted by Gasteiger charge is 2.05. The fraction of sp³-hybridized carbons (Fsp3) is 0.727. The summed E-state index contributed by atoms with van der Waals surface area (Å²) < 4.78 is 0. The maximum atomic E-state index is 2.43. The summed E-state index contributed by atoms with van der Waals surface area (Å²) >= 11 is 0. The van der Waals surface area contributed by atoms with Gasteiger partial charge in [0.2, 0.25) is 0 Å². The molecule has 1 aliphatic carbocycles. The summed E-state index contributed by atoms with van der Waals surface area (Å²) in [6, 6.07) is 0. The van der Waals surface area contributed by atoms with Crippen molar-refractivity contribution in [3.8, 4) is 0 Å². The van der Waals surface area contributed by atoms with Gasteiger partial charge in [-0.3, -0.25) is 0 Å². The summed E-state index contributed by atoms with van der Waals surface area (Å²) in [6.45, 7) is 2.15. The minimum absolute atomic E-state index is 0.883. The van der Waals surface area contributed by atoms with E-state index < -0.39 is 0 Å². The van der Waals surface area contributed by atoms with Crippen LogP contribution >= 0.6 is 0 Å². The minimum atomic E-state index is 0.883. The van der Waals surface area contributed by atoms with Gasteiger partial charge in [0.05, 0.1) is 0 Å². The SMILES string of the molecule is C[CH]CCC1C=CCCCC1. The van der Waals surface area contributed by atoms with Gasteiger partial charge >= 0.3 is 0 Å². The van der Waals surface area contributed by atoms with Crippen LogP contribution in [0.2, 0.25) is 0 Å². The molecule has 0 spiro atoms. The predicted octanol–water partition coefficient (Wildman–Crippen LogP) is 3.74. The van der Waals surface area contributed by atoms with E-state index in [2.05, 4.69) is 25.5 Å². The van der Waals surface area contributed by atoms with E-state index in [0.717, 1.165) is 5.92 Å². The van der Waals surface area contributed by atoms with Gasteiger partial charge < -0.3 is 0 Å². The molecule has 0 aromatic carbocycles. The van der Waals surface area contributed by atoms with Crippen LogP contribution in [0.25, 0.3) is 0 Å².